The molecule has 1 aliphatic carbocycles. The monoisotopic (exact) mass is 353 g/mol. The van der Waals surface area contributed by atoms with Crippen molar-refractivity contribution < 1.29 is 4.42 Å². The van der Waals surface area contributed by atoms with Gasteiger partial charge in [0.1, 0.15) is 16.4 Å². The van der Waals surface area contributed by atoms with Gasteiger partial charge in [0.05, 0.1) is 18.2 Å². The lowest BCUT2D eigenvalue weighted by molar-refractivity contribution is 0.508. The first-order chi connectivity index (χ1) is 12.2. The van der Waals surface area contributed by atoms with Gasteiger partial charge in [0.15, 0.2) is 5.65 Å². The van der Waals surface area contributed by atoms with Crippen LogP contribution in [0.15, 0.2) is 22.8 Å². The number of anilines is 1. The van der Waals surface area contributed by atoms with E-state index in [1.807, 2.05) is 34.9 Å². The summed E-state index contributed by atoms with van der Waals surface area (Å²) in [6.45, 7) is 4.82. The predicted octanol–water partition coefficient (Wildman–Crippen LogP) is 3.98. The molecule has 0 bridgehead atoms. The van der Waals surface area contributed by atoms with Gasteiger partial charge in [-0.05, 0) is 49.8 Å². The van der Waals surface area contributed by atoms with Gasteiger partial charge < -0.3 is 9.73 Å². The van der Waals surface area contributed by atoms with E-state index in [4.69, 9.17) is 14.4 Å². The van der Waals surface area contributed by atoms with Crippen LogP contribution in [0.4, 0.5) is 5.95 Å². The summed E-state index contributed by atoms with van der Waals surface area (Å²) in [6.07, 6.45) is 5.19. The smallest absolute Gasteiger partial charge is 0.227 e. The molecule has 0 saturated carbocycles. The molecule has 128 valence electrons. The van der Waals surface area contributed by atoms with Gasteiger partial charge in [-0.3, -0.25) is 0 Å². The maximum atomic E-state index is 5.41. The summed E-state index contributed by atoms with van der Waals surface area (Å²) in [7, 11) is 0. The molecule has 4 aromatic rings. The average molecular weight is 353 g/mol. The lowest BCUT2D eigenvalue weighted by Crippen LogP contribution is -2.10. The highest BCUT2D eigenvalue weighted by Crippen LogP contribution is 2.39. The van der Waals surface area contributed by atoms with Gasteiger partial charge in [0.2, 0.25) is 5.95 Å². The fraction of sp³-hybridized carbons (Fsp3) is 0.389. The minimum absolute atomic E-state index is 0.571. The van der Waals surface area contributed by atoms with E-state index in [9.17, 15) is 0 Å². The van der Waals surface area contributed by atoms with Crippen LogP contribution in [0.3, 0.4) is 0 Å². The van der Waals surface area contributed by atoms with Gasteiger partial charge in [-0.25, -0.2) is 9.97 Å². The van der Waals surface area contributed by atoms with Crippen molar-refractivity contribution in [2.75, 3.05) is 5.32 Å². The standard InChI is InChI=1S/C18H19N5OS/c1-10-5-6-14-13(8-10)15-16-20-11(2)22-23(16)18(21-17(15)25-14)19-9-12-4-3-7-24-12/h3-4,7,10H,5-6,8-9H2,1-2H3,(H,19,21). The molecule has 0 radical (unpaired) electrons. The first kappa shape index (κ1) is 14.9. The normalized spacial score (nSPS) is 17.3. The molecular formula is C18H19N5OS. The van der Waals surface area contributed by atoms with E-state index < -0.39 is 0 Å². The Hall–Kier alpha value is -2.41. The van der Waals surface area contributed by atoms with E-state index >= 15 is 0 Å². The Balaban J connectivity index is 1.67. The summed E-state index contributed by atoms with van der Waals surface area (Å²) in [5.74, 6) is 3.06. The Morgan fingerprint density at radius 1 is 1.40 bits per heavy atom. The number of thiophene rings is 1. The minimum atomic E-state index is 0.571. The van der Waals surface area contributed by atoms with Crippen LogP contribution in [0, 0.1) is 12.8 Å². The molecule has 1 N–H and O–H groups in total. The van der Waals surface area contributed by atoms with Crippen molar-refractivity contribution in [3.63, 3.8) is 0 Å². The SMILES string of the molecule is Cc1nc2c3c4c(sc3nc(NCc3ccco3)n2n1)CCC(C)C4. The highest BCUT2D eigenvalue weighted by molar-refractivity contribution is 7.19. The Labute approximate surface area is 148 Å². The summed E-state index contributed by atoms with van der Waals surface area (Å²) in [6, 6.07) is 3.83. The summed E-state index contributed by atoms with van der Waals surface area (Å²) in [4.78, 5) is 12.1. The summed E-state index contributed by atoms with van der Waals surface area (Å²) in [5, 5.41) is 9.10. The third kappa shape index (κ3) is 2.41. The number of hydrogen-bond acceptors (Lipinski definition) is 6. The Kier molecular flexibility index (Phi) is 3.31. The van der Waals surface area contributed by atoms with Gasteiger partial charge in [-0.1, -0.05) is 6.92 Å². The largest absolute Gasteiger partial charge is 0.467 e. The van der Waals surface area contributed by atoms with Crippen molar-refractivity contribution in [1.29, 1.82) is 0 Å². The van der Waals surface area contributed by atoms with Crippen molar-refractivity contribution in [3.05, 3.63) is 40.4 Å². The number of fused-ring (bicyclic) bond motifs is 5. The second-order valence-corrected chi connectivity index (χ2v) is 7.88. The molecule has 4 heterocycles. The van der Waals surface area contributed by atoms with E-state index in [1.54, 1.807) is 6.26 Å². The van der Waals surface area contributed by atoms with Crippen molar-refractivity contribution in [1.82, 2.24) is 19.6 Å². The van der Waals surface area contributed by atoms with Crippen LogP contribution in [0.5, 0.6) is 0 Å². The molecule has 0 saturated heterocycles. The van der Waals surface area contributed by atoms with Crippen molar-refractivity contribution in [2.45, 2.75) is 39.7 Å². The van der Waals surface area contributed by atoms with E-state index in [-0.39, 0.29) is 0 Å². The second-order valence-electron chi connectivity index (χ2n) is 6.79. The minimum Gasteiger partial charge on any atom is -0.467 e. The molecule has 0 spiro atoms. The van der Waals surface area contributed by atoms with E-state index in [0.29, 0.717) is 18.4 Å². The zero-order valence-corrected chi connectivity index (χ0v) is 15.1. The maximum Gasteiger partial charge on any atom is 0.227 e. The van der Waals surface area contributed by atoms with Gasteiger partial charge in [0, 0.05) is 4.88 Å². The zero-order chi connectivity index (χ0) is 17.0. The molecule has 0 amide bonds. The number of nitrogens with one attached hydrogen (secondary N) is 1. The van der Waals surface area contributed by atoms with Crippen molar-refractivity contribution >= 4 is 33.1 Å². The lowest BCUT2D eigenvalue weighted by Gasteiger charge is -2.17. The molecule has 0 fully saturated rings. The highest BCUT2D eigenvalue weighted by Gasteiger charge is 2.24. The molecule has 7 heteroatoms. The zero-order valence-electron chi connectivity index (χ0n) is 14.2. The van der Waals surface area contributed by atoms with Crippen molar-refractivity contribution in [2.24, 2.45) is 5.92 Å². The van der Waals surface area contributed by atoms with Gasteiger partial charge in [0.25, 0.3) is 0 Å². The molecule has 0 aromatic carbocycles. The number of hydrogen-bond donors (Lipinski definition) is 1. The highest BCUT2D eigenvalue weighted by atomic mass is 32.1. The first-order valence-corrected chi connectivity index (χ1v) is 9.44. The Morgan fingerprint density at radius 2 is 2.32 bits per heavy atom. The van der Waals surface area contributed by atoms with E-state index in [2.05, 4.69) is 17.3 Å². The number of furan rings is 1. The van der Waals surface area contributed by atoms with Crippen LogP contribution in [0.2, 0.25) is 0 Å². The summed E-state index contributed by atoms with van der Waals surface area (Å²) < 4.78 is 7.25. The number of nitrogens with zero attached hydrogens (tertiary/aromatic N) is 4. The summed E-state index contributed by atoms with van der Waals surface area (Å²) >= 11 is 1.81. The van der Waals surface area contributed by atoms with Crippen LogP contribution in [-0.4, -0.2) is 19.6 Å². The molecule has 5 rings (SSSR count). The lowest BCUT2D eigenvalue weighted by atomic mass is 9.89. The molecule has 6 nitrogen and oxygen atoms in total. The van der Waals surface area contributed by atoms with Crippen LogP contribution in [0.1, 0.15) is 35.4 Å². The number of aryl methyl sites for hydroxylation is 2. The molecule has 1 atom stereocenters. The molecule has 25 heavy (non-hydrogen) atoms. The van der Waals surface area contributed by atoms with E-state index in [1.165, 1.54) is 22.2 Å². The Morgan fingerprint density at radius 3 is 3.16 bits per heavy atom. The van der Waals surface area contributed by atoms with Crippen LogP contribution in [0.25, 0.3) is 15.9 Å². The molecule has 4 aromatic heterocycles. The number of rotatable bonds is 3. The van der Waals surface area contributed by atoms with E-state index in [0.717, 1.165) is 34.9 Å². The third-order valence-electron chi connectivity index (χ3n) is 4.83. The maximum absolute atomic E-state index is 5.41. The quantitative estimate of drug-likeness (QED) is 0.603. The molecule has 1 aliphatic rings. The van der Waals surface area contributed by atoms with Gasteiger partial charge in [-0.2, -0.15) is 4.52 Å². The van der Waals surface area contributed by atoms with Crippen LogP contribution >= 0.6 is 11.3 Å². The predicted molar refractivity (Wildman–Crippen MR) is 98.1 cm³/mol. The third-order valence-corrected chi connectivity index (χ3v) is 6.02. The molecule has 1 unspecified atom stereocenters. The molecule has 0 aliphatic heterocycles. The Bertz CT molecular complexity index is 1060. The topological polar surface area (TPSA) is 68.2 Å². The number of aromatic nitrogens is 4. The van der Waals surface area contributed by atoms with Crippen LogP contribution < -0.4 is 5.32 Å². The summed E-state index contributed by atoms with van der Waals surface area (Å²) in [5.41, 5.74) is 2.34. The van der Waals surface area contributed by atoms with Gasteiger partial charge in [-0.15, -0.1) is 16.4 Å². The van der Waals surface area contributed by atoms with Gasteiger partial charge >= 0.3 is 0 Å². The molecular weight excluding hydrogens is 334 g/mol. The fourth-order valence-electron chi connectivity index (χ4n) is 3.61. The second kappa shape index (κ2) is 5.56. The van der Waals surface area contributed by atoms with Crippen molar-refractivity contribution in [3.8, 4) is 0 Å². The fourth-order valence-corrected chi connectivity index (χ4v) is 4.83. The first-order valence-electron chi connectivity index (χ1n) is 8.63. The average Bonchev–Trinajstić information content (AvgIpc) is 3.29. The van der Waals surface area contributed by atoms with Crippen LogP contribution in [-0.2, 0) is 19.4 Å².